The van der Waals surface area contributed by atoms with Gasteiger partial charge < -0.3 is 9.30 Å². The highest BCUT2D eigenvalue weighted by molar-refractivity contribution is 5.87. The molecule has 6 heteroatoms. The van der Waals surface area contributed by atoms with Crippen molar-refractivity contribution < 1.29 is 9.13 Å². The number of benzene rings is 2. The Morgan fingerprint density at radius 3 is 2.68 bits per heavy atom. The molecule has 2 aromatic carbocycles. The van der Waals surface area contributed by atoms with Crippen molar-refractivity contribution in [2.45, 2.75) is 19.6 Å². The number of aromatic nitrogens is 2. The molecule has 0 aliphatic carbocycles. The van der Waals surface area contributed by atoms with Crippen LogP contribution in [0.4, 0.5) is 4.39 Å². The molecule has 5 rings (SSSR count). The monoisotopic (exact) mass is 417 g/mol. The number of fused-ring (bicyclic) bond motifs is 3. The molecule has 0 amide bonds. The van der Waals surface area contributed by atoms with Gasteiger partial charge in [0.05, 0.1) is 0 Å². The molecule has 0 bridgehead atoms. The molecule has 3 heterocycles. The molecule has 0 saturated heterocycles. The van der Waals surface area contributed by atoms with E-state index in [9.17, 15) is 9.18 Å². The highest BCUT2D eigenvalue weighted by atomic mass is 19.1. The molecule has 1 aliphatic rings. The van der Waals surface area contributed by atoms with Crippen molar-refractivity contribution in [2.24, 2.45) is 7.05 Å². The fourth-order valence-corrected chi connectivity index (χ4v) is 4.36. The number of aryl methyl sites for hydroxylation is 1. The zero-order chi connectivity index (χ0) is 21.4. The van der Waals surface area contributed by atoms with Crippen molar-refractivity contribution in [1.82, 2.24) is 14.0 Å². The summed E-state index contributed by atoms with van der Waals surface area (Å²) in [5, 5.41) is 1.13. The van der Waals surface area contributed by atoms with Crippen LogP contribution in [0.1, 0.15) is 16.8 Å². The largest absolute Gasteiger partial charge is 0.489 e. The molecule has 0 unspecified atom stereocenters. The van der Waals surface area contributed by atoms with Crippen LogP contribution in [-0.4, -0.2) is 27.4 Å². The van der Waals surface area contributed by atoms with Gasteiger partial charge in [0.25, 0.3) is 5.56 Å². The standard InChI is InChI=1S/C25H24FN3O2/c1-27-23-8-7-19(13-22(23)21-10-11-28(17-26)15-24(21)27)29-12-9-20(14-25(29)30)31-16-18-5-3-2-4-6-18/h2-9,12-14H,10-11,15-17H2,1H3. The van der Waals surface area contributed by atoms with Gasteiger partial charge in [-0.25, -0.2) is 4.39 Å². The second kappa shape index (κ2) is 8.04. The van der Waals surface area contributed by atoms with Crippen molar-refractivity contribution in [1.29, 1.82) is 0 Å². The van der Waals surface area contributed by atoms with Crippen molar-refractivity contribution in [2.75, 3.05) is 13.3 Å². The molecule has 0 fully saturated rings. The minimum atomic E-state index is -0.430. The summed E-state index contributed by atoms with van der Waals surface area (Å²) in [5.74, 6) is 0.551. The fourth-order valence-electron chi connectivity index (χ4n) is 4.36. The summed E-state index contributed by atoms with van der Waals surface area (Å²) in [4.78, 5) is 14.6. The van der Waals surface area contributed by atoms with Crippen molar-refractivity contribution in [3.05, 3.63) is 94.0 Å². The molecule has 0 spiro atoms. The molecular weight excluding hydrogens is 393 g/mol. The van der Waals surface area contributed by atoms with Gasteiger partial charge in [0.15, 0.2) is 0 Å². The van der Waals surface area contributed by atoms with Crippen LogP contribution in [0.15, 0.2) is 71.7 Å². The molecule has 158 valence electrons. The maximum Gasteiger partial charge on any atom is 0.258 e. The Labute approximate surface area is 179 Å². The maximum absolute atomic E-state index is 13.1. The Kier molecular flexibility index (Phi) is 5.08. The zero-order valence-electron chi connectivity index (χ0n) is 17.4. The van der Waals surface area contributed by atoms with Crippen LogP contribution in [0, 0.1) is 0 Å². The highest BCUT2D eigenvalue weighted by Crippen LogP contribution is 2.31. The van der Waals surface area contributed by atoms with E-state index in [0.29, 0.717) is 25.4 Å². The SMILES string of the molecule is Cn1c2c(c3cc(-n4ccc(OCc5ccccc5)cc4=O)ccc31)CCN(CF)C2. The Morgan fingerprint density at radius 2 is 1.90 bits per heavy atom. The molecule has 2 aromatic heterocycles. The summed E-state index contributed by atoms with van der Waals surface area (Å²) in [6.45, 7) is 1.31. The number of pyridine rings is 1. The highest BCUT2D eigenvalue weighted by Gasteiger charge is 2.23. The Hall–Kier alpha value is -3.38. The summed E-state index contributed by atoms with van der Waals surface area (Å²) in [6.07, 6.45) is 2.56. The number of hydrogen-bond acceptors (Lipinski definition) is 3. The Bertz CT molecular complexity index is 1290. The lowest BCUT2D eigenvalue weighted by molar-refractivity contribution is 0.166. The van der Waals surface area contributed by atoms with Gasteiger partial charge in [0.2, 0.25) is 0 Å². The molecule has 5 nitrogen and oxygen atoms in total. The number of halogens is 1. The summed E-state index contributed by atoms with van der Waals surface area (Å²) < 4.78 is 22.7. The maximum atomic E-state index is 13.1. The molecule has 31 heavy (non-hydrogen) atoms. The first-order valence-corrected chi connectivity index (χ1v) is 10.4. The summed E-state index contributed by atoms with van der Waals surface area (Å²) in [5.41, 5.74) is 5.22. The molecule has 0 N–H and O–H groups in total. The summed E-state index contributed by atoms with van der Waals surface area (Å²) in [6, 6.07) is 19.2. The van der Waals surface area contributed by atoms with Crippen LogP contribution < -0.4 is 10.3 Å². The number of hydrogen-bond donors (Lipinski definition) is 0. The Balaban J connectivity index is 1.45. The van der Waals surface area contributed by atoms with Gasteiger partial charge in [0, 0.05) is 54.7 Å². The number of ether oxygens (including phenoxy) is 1. The second-order valence-corrected chi connectivity index (χ2v) is 7.95. The summed E-state index contributed by atoms with van der Waals surface area (Å²) in [7, 11) is 2.02. The predicted octanol–water partition coefficient (Wildman–Crippen LogP) is 4.19. The topological polar surface area (TPSA) is 39.4 Å². The number of alkyl halides is 1. The van der Waals surface area contributed by atoms with E-state index in [0.717, 1.165) is 34.3 Å². The van der Waals surface area contributed by atoms with Crippen molar-refractivity contribution in [3.8, 4) is 11.4 Å². The number of nitrogens with zero attached hydrogens (tertiary/aromatic N) is 3. The molecule has 0 saturated carbocycles. The smallest absolute Gasteiger partial charge is 0.258 e. The average molecular weight is 417 g/mol. The summed E-state index contributed by atoms with van der Waals surface area (Å²) >= 11 is 0. The van der Waals surface area contributed by atoms with E-state index in [1.165, 1.54) is 11.6 Å². The third-order valence-corrected chi connectivity index (χ3v) is 6.06. The van der Waals surface area contributed by atoms with E-state index in [2.05, 4.69) is 10.6 Å². The van der Waals surface area contributed by atoms with Crippen LogP contribution in [0.2, 0.25) is 0 Å². The van der Waals surface area contributed by atoms with E-state index in [4.69, 9.17) is 4.74 Å². The van der Waals surface area contributed by atoms with E-state index < -0.39 is 6.80 Å². The molecule has 4 aromatic rings. The van der Waals surface area contributed by atoms with Gasteiger partial charge in [-0.1, -0.05) is 30.3 Å². The van der Waals surface area contributed by atoms with E-state index in [-0.39, 0.29) is 5.56 Å². The fraction of sp³-hybridized carbons (Fsp3) is 0.240. The van der Waals surface area contributed by atoms with Crippen molar-refractivity contribution >= 4 is 10.9 Å². The van der Waals surface area contributed by atoms with Gasteiger partial charge in [-0.2, -0.15) is 0 Å². The van der Waals surface area contributed by atoms with E-state index in [1.807, 2.05) is 55.6 Å². The van der Waals surface area contributed by atoms with Crippen LogP contribution in [0.25, 0.3) is 16.6 Å². The lowest BCUT2D eigenvalue weighted by Gasteiger charge is -2.24. The first-order chi connectivity index (χ1) is 15.1. The minimum absolute atomic E-state index is 0.140. The first-order valence-electron chi connectivity index (χ1n) is 10.4. The normalized spacial score (nSPS) is 14.0. The first kappa shape index (κ1) is 19.6. The predicted molar refractivity (Wildman–Crippen MR) is 119 cm³/mol. The van der Waals surface area contributed by atoms with Crippen LogP contribution in [-0.2, 0) is 26.6 Å². The third kappa shape index (κ3) is 3.64. The van der Waals surface area contributed by atoms with Gasteiger partial charge >= 0.3 is 0 Å². The van der Waals surface area contributed by atoms with Crippen LogP contribution >= 0.6 is 0 Å². The van der Waals surface area contributed by atoms with E-state index in [1.54, 1.807) is 15.7 Å². The third-order valence-electron chi connectivity index (χ3n) is 6.06. The molecule has 0 radical (unpaired) electrons. The second-order valence-electron chi connectivity index (χ2n) is 7.95. The zero-order valence-corrected chi connectivity index (χ0v) is 17.4. The molecule has 0 atom stereocenters. The lowest BCUT2D eigenvalue weighted by atomic mass is 10.0. The number of rotatable bonds is 5. The van der Waals surface area contributed by atoms with Crippen LogP contribution in [0.5, 0.6) is 5.75 Å². The minimum Gasteiger partial charge on any atom is -0.489 e. The molecule has 1 aliphatic heterocycles. The van der Waals surface area contributed by atoms with Crippen LogP contribution in [0.3, 0.4) is 0 Å². The van der Waals surface area contributed by atoms with Gasteiger partial charge in [-0.15, -0.1) is 0 Å². The van der Waals surface area contributed by atoms with Gasteiger partial charge in [-0.05, 0) is 41.8 Å². The Morgan fingerprint density at radius 1 is 1.06 bits per heavy atom. The van der Waals surface area contributed by atoms with Gasteiger partial charge in [0.1, 0.15) is 19.2 Å². The van der Waals surface area contributed by atoms with Crippen molar-refractivity contribution in [3.63, 3.8) is 0 Å². The quantitative estimate of drug-likeness (QED) is 0.457. The average Bonchev–Trinajstić information content (AvgIpc) is 3.09. The lowest BCUT2D eigenvalue weighted by Crippen LogP contribution is -2.30. The van der Waals surface area contributed by atoms with Gasteiger partial charge in [-0.3, -0.25) is 14.3 Å². The molecular formula is C25H24FN3O2. The van der Waals surface area contributed by atoms with E-state index >= 15 is 0 Å².